The van der Waals surface area contributed by atoms with E-state index >= 15 is 0 Å². The first-order chi connectivity index (χ1) is 13.7. The smallest absolute Gasteiger partial charge is 0.246 e. The number of carbonyl (C=O) groups is 1. The normalized spacial score (nSPS) is 20.8. The minimum Gasteiger partial charge on any atom is -0.449 e. The van der Waals surface area contributed by atoms with Gasteiger partial charge in [0.15, 0.2) is 21.3 Å². The molecule has 1 unspecified atom stereocenters. The molecule has 7 nitrogen and oxygen atoms in total. The van der Waals surface area contributed by atoms with Crippen molar-refractivity contribution in [3.05, 3.63) is 54.1 Å². The third kappa shape index (κ3) is 4.38. The summed E-state index contributed by atoms with van der Waals surface area (Å²) in [6.45, 7) is 4.29. The highest BCUT2D eigenvalue weighted by Crippen LogP contribution is 2.40. The van der Waals surface area contributed by atoms with Crippen molar-refractivity contribution >= 4 is 21.4 Å². The summed E-state index contributed by atoms with van der Waals surface area (Å²) in [5.74, 6) is 0.373. The Morgan fingerprint density at radius 2 is 1.69 bits per heavy atom. The quantitative estimate of drug-likeness (QED) is 0.825. The zero-order valence-electron chi connectivity index (χ0n) is 16.4. The highest BCUT2D eigenvalue weighted by Gasteiger charge is 2.34. The van der Waals surface area contributed by atoms with Gasteiger partial charge >= 0.3 is 0 Å². The van der Waals surface area contributed by atoms with E-state index in [1.165, 1.54) is 0 Å². The maximum atomic E-state index is 13.2. The van der Waals surface area contributed by atoms with Crippen LogP contribution in [0.3, 0.4) is 0 Å². The second-order valence-electron chi connectivity index (χ2n) is 7.76. The summed E-state index contributed by atoms with van der Waals surface area (Å²) >= 11 is 0. The monoisotopic (exact) mass is 416 g/mol. The molecule has 2 aromatic rings. The molecule has 1 saturated heterocycles. The Balaban J connectivity index is 1.56. The molecule has 0 saturated carbocycles. The van der Waals surface area contributed by atoms with Crippen molar-refractivity contribution < 1.29 is 22.7 Å². The van der Waals surface area contributed by atoms with Gasteiger partial charge in [0, 0.05) is 38.7 Å². The second-order valence-corrected chi connectivity index (χ2v) is 10.1. The van der Waals surface area contributed by atoms with E-state index in [0.717, 1.165) is 5.56 Å². The van der Waals surface area contributed by atoms with E-state index in [9.17, 15) is 13.2 Å². The molecule has 1 atom stereocenters. The van der Waals surface area contributed by atoms with E-state index in [4.69, 9.17) is 9.47 Å². The number of carbonyl (C=O) groups excluding carboxylic acids is 1. The van der Waals surface area contributed by atoms with Gasteiger partial charge in [-0.15, -0.1) is 0 Å². The Kier molecular flexibility index (Phi) is 5.00. The molecule has 1 fully saturated rings. The average Bonchev–Trinajstić information content (AvgIpc) is 2.97. The molecule has 2 aromatic carbocycles. The molecule has 0 radical (unpaired) electrons. The van der Waals surface area contributed by atoms with Crippen LogP contribution in [0.4, 0.5) is 5.69 Å². The van der Waals surface area contributed by atoms with Gasteiger partial charge in [0.25, 0.3) is 0 Å². The fraction of sp³-hybridized carbons (Fsp3) is 0.381. The highest BCUT2D eigenvalue weighted by molar-refractivity contribution is 7.91. The summed E-state index contributed by atoms with van der Waals surface area (Å²) in [6, 6.07) is 14.1. The lowest BCUT2D eigenvalue weighted by Crippen LogP contribution is -2.46. The van der Waals surface area contributed by atoms with Gasteiger partial charge in [-0.1, -0.05) is 30.3 Å². The van der Waals surface area contributed by atoms with Gasteiger partial charge in [0.05, 0.1) is 11.5 Å². The number of benzene rings is 2. The minimum atomic E-state index is -3.04. The summed E-state index contributed by atoms with van der Waals surface area (Å²) in [5.41, 5.74) is 1.42. The zero-order valence-corrected chi connectivity index (χ0v) is 17.2. The number of fused-ring (bicyclic) bond motifs is 1. The second kappa shape index (κ2) is 7.35. The predicted octanol–water partition coefficient (Wildman–Crippen LogP) is 2.60. The molecule has 0 spiro atoms. The van der Waals surface area contributed by atoms with Gasteiger partial charge in [-0.3, -0.25) is 9.69 Å². The molecule has 1 N–H and O–H groups in total. The van der Waals surface area contributed by atoms with Crippen LogP contribution < -0.4 is 14.8 Å². The number of hydrogen-bond donors (Lipinski definition) is 1. The van der Waals surface area contributed by atoms with Crippen LogP contribution in [0.25, 0.3) is 0 Å². The summed E-state index contributed by atoms with van der Waals surface area (Å²) < 4.78 is 35.1. The van der Waals surface area contributed by atoms with Gasteiger partial charge in [0.2, 0.25) is 11.7 Å². The van der Waals surface area contributed by atoms with Gasteiger partial charge in [-0.2, -0.15) is 0 Å². The molecule has 0 aromatic heterocycles. The lowest BCUT2D eigenvalue weighted by Gasteiger charge is -2.33. The van der Waals surface area contributed by atoms with Crippen molar-refractivity contribution in [1.29, 1.82) is 0 Å². The molecular weight excluding hydrogens is 392 g/mol. The number of ether oxygens (including phenoxy) is 2. The molecule has 4 rings (SSSR count). The molecule has 0 aliphatic carbocycles. The van der Waals surface area contributed by atoms with Crippen molar-refractivity contribution in [1.82, 2.24) is 4.90 Å². The third-order valence-electron chi connectivity index (χ3n) is 5.03. The first-order valence-corrected chi connectivity index (χ1v) is 11.4. The standard InChI is InChI=1S/C21H24N2O5S/c1-21(2)27-17-9-8-16(14-18(17)28-21)22-20(24)19(15-6-4-3-5-7-15)23-10-12-29(25,26)13-11-23/h3-9,14,19H,10-13H2,1-2H3,(H,22,24). The van der Waals surface area contributed by atoms with Crippen molar-refractivity contribution in [3.8, 4) is 11.5 Å². The average molecular weight is 416 g/mol. The fourth-order valence-electron chi connectivity index (χ4n) is 3.66. The maximum Gasteiger partial charge on any atom is 0.246 e. The number of hydrogen-bond acceptors (Lipinski definition) is 6. The van der Waals surface area contributed by atoms with Crippen LogP contribution in [0.2, 0.25) is 0 Å². The van der Waals surface area contributed by atoms with Gasteiger partial charge in [-0.25, -0.2) is 8.42 Å². The van der Waals surface area contributed by atoms with Gasteiger partial charge < -0.3 is 14.8 Å². The van der Waals surface area contributed by atoms with Crippen molar-refractivity contribution in [3.63, 3.8) is 0 Å². The highest BCUT2D eigenvalue weighted by atomic mass is 32.2. The summed E-state index contributed by atoms with van der Waals surface area (Å²) in [6.07, 6.45) is 0. The van der Waals surface area contributed by atoms with Crippen LogP contribution in [0.15, 0.2) is 48.5 Å². The Bertz CT molecular complexity index is 1010. The van der Waals surface area contributed by atoms with E-state index in [0.29, 0.717) is 30.3 Å². The Morgan fingerprint density at radius 3 is 2.38 bits per heavy atom. The van der Waals surface area contributed by atoms with E-state index in [2.05, 4.69) is 5.32 Å². The van der Waals surface area contributed by atoms with Gasteiger partial charge in [0.1, 0.15) is 6.04 Å². The van der Waals surface area contributed by atoms with Crippen LogP contribution in [0.5, 0.6) is 11.5 Å². The summed E-state index contributed by atoms with van der Waals surface area (Å²) in [5, 5.41) is 2.95. The van der Waals surface area contributed by atoms with E-state index in [1.807, 2.05) is 49.1 Å². The van der Waals surface area contributed by atoms with Crippen LogP contribution >= 0.6 is 0 Å². The summed E-state index contributed by atoms with van der Waals surface area (Å²) in [4.78, 5) is 15.1. The predicted molar refractivity (Wildman–Crippen MR) is 110 cm³/mol. The Hall–Kier alpha value is -2.58. The van der Waals surface area contributed by atoms with Gasteiger partial charge in [-0.05, 0) is 17.7 Å². The number of nitrogens with zero attached hydrogens (tertiary/aromatic N) is 1. The van der Waals surface area contributed by atoms with Crippen LogP contribution in [-0.2, 0) is 14.6 Å². The molecule has 154 valence electrons. The third-order valence-corrected chi connectivity index (χ3v) is 6.64. The van der Waals surface area contributed by atoms with E-state index < -0.39 is 21.7 Å². The molecule has 1 amide bonds. The van der Waals surface area contributed by atoms with E-state index in [1.54, 1.807) is 18.2 Å². The molecule has 29 heavy (non-hydrogen) atoms. The Morgan fingerprint density at radius 1 is 1.03 bits per heavy atom. The molecule has 2 heterocycles. The molecular formula is C21H24N2O5S. The topological polar surface area (TPSA) is 84.9 Å². The summed E-state index contributed by atoms with van der Waals surface area (Å²) in [7, 11) is -3.04. The lowest BCUT2D eigenvalue weighted by atomic mass is 10.0. The number of nitrogens with one attached hydrogen (secondary N) is 1. The number of sulfone groups is 1. The largest absolute Gasteiger partial charge is 0.449 e. The van der Waals surface area contributed by atoms with Crippen LogP contribution in [0, 0.1) is 0 Å². The first kappa shape index (κ1) is 19.7. The Labute approximate surface area is 170 Å². The molecule has 0 bridgehead atoms. The number of amides is 1. The SMILES string of the molecule is CC1(C)Oc2ccc(NC(=O)C(c3ccccc3)N3CCS(=O)(=O)CC3)cc2O1. The van der Waals surface area contributed by atoms with E-state index in [-0.39, 0.29) is 17.4 Å². The minimum absolute atomic E-state index is 0.0583. The zero-order chi connectivity index (χ0) is 20.6. The lowest BCUT2D eigenvalue weighted by molar-refractivity contribution is -0.121. The maximum absolute atomic E-state index is 13.2. The first-order valence-electron chi connectivity index (χ1n) is 9.55. The fourth-order valence-corrected chi connectivity index (χ4v) is 4.89. The van der Waals surface area contributed by atoms with Crippen molar-refractivity contribution in [2.45, 2.75) is 25.7 Å². The molecule has 8 heteroatoms. The molecule has 2 aliphatic heterocycles. The van der Waals surface area contributed by atoms with Crippen molar-refractivity contribution in [2.24, 2.45) is 0 Å². The number of anilines is 1. The molecule has 2 aliphatic rings. The van der Waals surface area contributed by atoms with Crippen LogP contribution in [0.1, 0.15) is 25.5 Å². The number of rotatable bonds is 4. The van der Waals surface area contributed by atoms with Crippen molar-refractivity contribution in [2.75, 3.05) is 29.9 Å². The van der Waals surface area contributed by atoms with Crippen LogP contribution in [-0.4, -0.2) is 49.6 Å².